The van der Waals surface area contributed by atoms with E-state index in [1.165, 1.54) is 32.0 Å². The largest absolute Gasteiger partial charge is 0.480 e. The van der Waals surface area contributed by atoms with Crippen LogP contribution in [0.25, 0.3) is 0 Å². The van der Waals surface area contributed by atoms with Gasteiger partial charge in [-0.3, -0.25) is 14.4 Å². The van der Waals surface area contributed by atoms with E-state index in [9.17, 15) is 62.7 Å². The molecule has 89 heavy (non-hydrogen) atoms. The molecule has 0 amide bonds. The molecular weight excluding hydrogens is 1290 g/mol. The van der Waals surface area contributed by atoms with Crippen molar-refractivity contribution in [1.82, 2.24) is 0 Å². The number of benzene rings is 3. The van der Waals surface area contributed by atoms with Crippen LogP contribution in [0.2, 0.25) is 0 Å². The summed E-state index contributed by atoms with van der Waals surface area (Å²) in [5.41, 5.74) is 3.68. The molecule has 0 radical (unpaired) electrons. The number of halogens is 4. The summed E-state index contributed by atoms with van der Waals surface area (Å²) in [6, 6.07) is 13.8. The van der Waals surface area contributed by atoms with Gasteiger partial charge in [-0.05, 0) is 125 Å². The number of carboxylic acid groups (broad SMARTS) is 2. The number of ether oxygens (including phenoxy) is 2. The number of oxime groups is 3. The number of hydrogen-bond donors (Lipinski definition) is 2. The van der Waals surface area contributed by atoms with Gasteiger partial charge in [0.1, 0.15) is 35.8 Å². The Morgan fingerprint density at radius 3 is 1.17 bits per heavy atom. The third-order valence-electron chi connectivity index (χ3n) is 15.2. The van der Waals surface area contributed by atoms with Crippen LogP contribution in [0, 0.1) is 70.7 Å². The second-order valence-electron chi connectivity index (χ2n) is 22.7. The van der Waals surface area contributed by atoms with E-state index in [4.69, 9.17) is 29.1 Å². The molecule has 3 aromatic rings. The molecule has 0 bridgehead atoms. The summed E-state index contributed by atoms with van der Waals surface area (Å²) in [5, 5.41) is 29.1. The van der Waals surface area contributed by atoms with E-state index in [0.717, 1.165) is 64.2 Å². The second kappa shape index (κ2) is 29.6. The van der Waals surface area contributed by atoms with E-state index in [1.807, 2.05) is 0 Å². The minimum absolute atomic E-state index is 0.0759. The number of rotatable bonds is 17. The number of esters is 2. The van der Waals surface area contributed by atoms with Gasteiger partial charge in [0.2, 0.25) is 0 Å². The molecule has 9 rings (SSSR count). The van der Waals surface area contributed by atoms with Crippen LogP contribution >= 0.6 is 15.9 Å². The highest BCUT2D eigenvalue weighted by Gasteiger charge is 2.50. The maximum absolute atomic E-state index is 14.4. The van der Waals surface area contributed by atoms with E-state index in [2.05, 4.69) is 66.9 Å². The van der Waals surface area contributed by atoms with Crippen LogP contribution in [0.4, 0.5) is 13.2 Å². The highest BCUT2D eigenvalue weighted by atomic mass is 79.9. The summed E-state index contributed by atoms with van der Waals surface area (Å²) in [7, 11) is -11.4. The van der Waals surface area contributed by atoms with E-state index in [1.54, 1.807) is 50.2 Å². The van der Waals surface area contributed by atoms with E-state index in [-0.39, 0.29) is 51.7 Å². The first kappa shape index (κ1) is 70.8. The third kappa shape index (κ3) is 19.4. The minimum Gasteiger partial charge on any atom is -0.480 e. The molecule has 0 saturated heterocycles. The van der Waals surface area contributed by atoms with Crippen LogP contribution in [0.5, 0.6) is 0 Å². The van der Waals surface area contributed by atoms with Gasteiger partial charge in [0, 0.05) is 97.7 Å². The summed E-state index contributed by atoms with van der Waals surface area (Å²) in [6.45, 7) is 7.17. The van der Waals surface area contributed by atoms with Crippen molar-refractivity contribution < 1.29 is 91.8 Å². The summed E-state index contributed by atoms with van der Waals surface area (Å²) >= 11 is 3.08. The van der Waals surface area contributed by atoms with Crippen molar-refractivity contribution in [2.24, 2.45) is 33.2 Å². The number of hydrogen-bond acceptors (Lipinski definition) is 18. The van der Waals surface area contributed by atoms with Crippen molar-refractivity contribution in [3.63, 3.8) is 0 Å². The van der Waals surface area contributed by atoms with E-state index >= 15 is 0 Å². The normalized spacial score (nSPS) is 20.3. The van der Waals surface area contributed by atoms with Gasteiger partial charge in [-0.1, -0.05) is 63.3 Å². The average Bonchev–Trinajstić information content (AvgIpc) is 1.96. The number of nitrogens with zero attached hydrogens (tertiary/aromatic N) is 3. The number of carboxylic acids is 2. The smallest absolute Gasteiger partial charge is 0.381 e. The van der Waals surface area contributed by atoms with Gasteiger partial charge in [0.05, 0.1) is 45.9 Å². The van der Waals surface area contributed by atoms with Crippen molar-refractivity contribution >= 4 is 86.5 Å². The lowest BCUT2D eigenvalue weighted by Crippen LogP contribution is -2.47. The summed E-state index contributed by atoms with van der Waals surface area (Å²) in [6.07, 6.45) is 7.61. The Morgan fingerprint density at radius 1 is 0.551 bits per heavy atom. The zero-order chi connectivity index (χ0) is 65.9. The standard InChI is InChI=1S/C21H24FNO5S.C19H20FNO5S.C16H19BrFNO5S.C6H6O2/c1-4-27-20(24)21(2,29(3,25)26)13-17-12-19(23-28-17)16-10-9-15(18(22)11-16)8-7-14-5-6-14;1-19(18(22)23,27(2,24)25)11-15-10-17(21-26-15)14-8-7-13(16(20)9-14)6-5-12-3-4-12;1-4-23-15(20)16(2,25(3,21)22)9-11-8-14(19-24-11)10-5-6-12(17)13(18)7-10;7-6(8)4-3-5-1-2-5/h9-11,14,17H,4-6,12-13H2,1-3H3;7-9,12,15H,3-4,10-11H2,1-2H3,(H,22,23);5-7,11H,4,8-9H2,1-3H3;5H,1-2H2,(H,7,8). The topological polar surface area (TPSA) is 294 Å². The van der Waals surface area contributed by atoms with Crippen LogP contribution in [-0.2, 0) is 72.7 Å². The fourth-order valence-electron chi connectivity index (χ4n) is 8.64. The average molecular weight is 1360 g/mol. The van der Waals surface area contributed by atoms with Crippen LogP contribution in [0.1, 0.15) is 139 Å². The Kier molecular flexibility index (Phi) is 23.5. The van der Waals surface area contributed by atoms with Gasteiger partial charge >= 0.3 is 23.9 Å². The van der Waals surface area contributed by atoms with Gasteiger partial charge in [-0.15, -0.1) is 0 Å². The number of sulfone groups is 3. The fourth-order valence-corrected chi connectivity index (χ4v) is 11.4. The Labute approximate surface area is 524 Å². The summed E-state index contributed by atoms with van der Waals surface area (Å²) in [5.74, 6) is 12.1. The highest BCUT2D eigenvalue weighted by Crippen LogP contribution is 2.35. The Bertz CT molecular complexity index is 3870. The molecule has 3 aromatic carbocycles. The molecule has 3 aliphatic heterocycles. The molecule has 3 heterocycles. The molecular formula is C62H69BrF3N3O17S3. The van der Waals surface area contributed by atoms with Crippen LogP contribution in [0.15, 0.2) is 74.5 Å². The van der Waals surface area contributed by atoms with Crippen molar-refractivity contribution in [3.8, 4) is 35.5 Å². The van der Waals surface area contributed by atoms with Crippen molar-refractivity contribution in [1.29, 1.82) is 0 Å². The molecule has 20 nitrogen and oxygen atoms in total. The SMILES string of the molecule is CC(CC1CC(c2ccc(C#CC3CC3)c(F)c2)=NO1)(C(=O)O)S(C)(=O)=O.CCOC(=O)C(C)(CC1CC(c2ccc(Br)c(F)c2)=NO1)S(C)(=O)=O.CCOC(=O)C(C)(CC1CC(c2ccc(C#CC3CC3)c(F)c2)=NO1)S(C)(=O)=O.O=C(O)C#CC1CC1. The molecule has 3 fully saturated rings. The molecule has 2 N–H and O–H groups in total. The third-order valence-corrected chi connectivity index (χ3v) is 21.7. The van der Waals surface area contributed by atoms with Gasteiger partial charge in [-0.25, -0.2) is 43.2 Å². The molecule has 0 spiro atoms. The van der Waals surface area contributed by atoms with Gasteiger partial charge in [0.25, 0.3) is 0 Å². The Hall–Kier alpha value is -7.25. The lowest BCUT2D eigenvalue weighted by molar-refractivity contribution is -0.147. The highest BCUT2D eigenvalue weighted by molar-refractivity contribution is 9.10. The van der Waals surface area contributed by atoms with Crippen LogP contribution < -0.4 is 0 Å². The first-order chi connectivity index (χ1) is 41.6. The minimum atomic E-state index is -3.86. The van der Waals surface area contributed by atoms with E-state index in [0.29, 0.717) is 67.2 Å². The van der Waals surface area contributed by atoms with Gasteiger partial charge < -0.3 is 34.2 Å². The maximum atomic E-state index is 14.4. The lowest BCUT2D eigenvalue weighted by atomic mass is 9.96. The Morgan fingerprint density at radius 2 is 0.876 bits per heavy atom. The van der Waals surface area contributed by atoms with Crippen molar-refractivity contribution in [3.05, 3.63) is 104 Å². The second-order valence-corrected chi connectivity index (χ2v) is 30.9. The molecule has 6 atom stereocenters. The zero-order valence-corrected chi connectivity index (χ0v) is 54.2. The molecule has 6 unspecified atom stereocenters. The van der Waals surface area contributed by atoms with Gasteiger partial charge in [0.15, 0.2) is 43.8 Å². The van der Waals surface area contributed by atoms with Crippen LogP contribution in [0.3, 0.4) is 0 Å². The maximum Gasteiger partial charge on any atom is 0.381 e. The van der Waals surface area contributed by atoms with Crippen LogP contribution in [-0.4, -0.2) is 141 Å². The first-order valence-electron chi connectivity index (χ1n) is 28.3. The summed E-state index contributed by atoms with van der Waals surface area (Å²) < 4.78 is 120. The molecule has 0 aromatic heterocycles. The zero-order valence-electron chi connectivity index (χ0n) is 50.2. The molecule has 27 heteroatoms. The predicted molar refractivity (Wildman–Crippen MR) is 327 cm³/mol. The first-order valence-corrected chi connectivity index (χ1v) is 34.7. The number of carbonyl (C=O) groups excluding carboxylic acids is 2. The Balaban J connectivity index is 0.000000200. The van der Waals surface area contributed by atoms with Crippen molar-refractivity contribution in [2.45, 2.75) is 144 Å². The van der Waals surface area contributed by atoms with Gasteiger partial charge in [-0.2, -0.15) is 0 Å². The fraction of sp³-hybridized carbons (Fsp3) is 0.500. The quantitative estimate of drug-likeness (QED) is 0.0945. The summed E-state index contributed by atoms with van der Waals surface area (Å²) in [4.78, 5) is 61.6. The molecule has 3 saturated carbocycles. The number of carbonyl (C=O) groups is 4. The molecule has 6 aliphatic rings. The molecule has 3 aliphatic carbocycles. The number of aliphatic carboxylic acids is 2. The van der Waals surface area contributed by atoms with Crippen molar-refractivity contribution in [2.75, 3.05) is 32.0 Å². The molecule has 480 valence electrons. The predicted octanol–water partition coefficient (Wildman–Crippen LogP) is 8.52. The monoisotopic (exact) mass is 1360 g/mol. The lowest BCUT2D eigenvalue weighted by Gasteiger charge is -2.27. The van der Waals surface area contributed by atoms with E-state index < -0.39 is 103 Å².